The van der Waals surface area contributed by atoms with E-state index in [1.54, 1.807) is 11.9 Å². The predicted octanol–water partition coefficient (Wildman–Crippen LogP) is 0.592. The number of nitrogens with zero attached hydrogens (tertiary/aromatic N) is 1. The van der Waals surface area contributed by atoms with Crippen molar-refractivity contribution in [2.24, 2.45) is 17.1 Å². The molecule has 4 nitrogen and oxygen atoms in total. The smallest absolute Gasteiger partial charge is 0.229 e. The highest BCUT2D eigenvalue weighted by atomic mass is 16.3. The average molecular weight is 228 g/mol. The summed E-state index contributed by atoms with van der Waals surface area (Å²) in [6.07, 6.45) is 3.93. The maximum absolute atomic E-state index is 12.3. The number of carbonyl (C=O) groups excluding carboxylic acids is 1. The Morgan fingerprint density at radius 2 is 2.06 bits per heavy atom. The van der Waals surface area contributed by atoms with Crippen LogP contribution in [0.4, 0.5) is 0 Å². The van der Waals surface area contributed by atoms with Crippen LogP contribution in [0, 0.1) is 11.3 Å². The third kappa shape index (κ3) is 2.74. The molecule has 1 fully saturated rings. The topological polar surface area (TPSA) is 66.6 Å². The number of hydrogen-bond acceptors (Lipinski definition) is 3. The van der Waals surface area contributed by atoms with Crippen LogP contribution in [0.5, 0.6) is 0 Å². The minimum atomic E-state index is -0.365. The van der Waals surface area contributed by atoms with Crippen molar-refractivity contribution in [3.63, 3.8) is 0 Å². The molecule has 1 amide bonds. The molecule has 16 heavy (non-hydrogen) atoms. The van der Waals surface area contributed by atoms with Crippen molar-refractivity contribution < 1.29 is 9.90 Å². The molecule has 94 valence electrons. The standard InChI is InChI=1S/C12H24N2O2/c1-10-3-5-12(9-13,6-4-10)11(16)14(2)7-8-15/h10,15H,3-9,13H2,1-2H3. The van der Waals surface area contributed by atoms with E-state index in [0.717, 1.165) is 25.7 Å². The van der Waals surface area contributed by atoms with Gasteiger partial charge in [-0.1, -0.05) is 6.92 Å². The molecule has 0 aliphatic heterocycles. The molecule has 0 atom stereocenters. The highest BCUT2D eigenvalue weighted by Gasteiger charge is 2.41. The highest BCUT2D eigenvalue weighted by molar-refractivity contribution is 5.82. The second-order valence-corrected chi connectivity index (χ2v) is 5.12. The van der Waals surface area contributed by atoms with Gasteiger partial charge in [0.15, 0.2) is 0 Å². The van der Waals surface area contributed by atoms with Gasteiger partial charge in [-0.3, -0.25) is 4.79 Å². The molecule has 1 aliphatic carbocycles. The minimum Gasteiger partial charge on any atom is -0.395 e. The van der Waals surface area contributed by atoms with E-state index in [1.807, 2.05) is 0 Å². The maximum atomic E-state index is 12.3. The summed E-state index contributed by atoms with van der Waals surface area (Å²) in [4.78, 5) is 13.9. The van der Waals surface area contributed by atoms with Gasteiger partial charge in [-0.25, -0.2) is 0 Å². The first kappa shape index (κ1) is 13.5. The lowest BCUT2D eigenvalue weighted by molar-refractivity contribution is -0.143. The molecule has 1 rings (SSSR count). The van der Waals surface area contributed by atoms with Crippen molar-refractivity contribution in [1.29, 1.82) is 0 Å². The van der Waals surface area contributed by atoms with E-state index in [2.05, 4.69) is 6.92 Å². The quantitative estimate of drug-likeness (QED) is 0.740. The van der Waals surface area contributed by atoms with Crippen LogP contribution < -0.4 is 5.73 Å². The lowest BCUT2D eigenvalue weighted by Gasteiger charge is -2.39. The second-order valence-electron chi connectivity index (χ2n) is 5.12. The largest absolute Gasteiger partial charge is 0.395 e. The van der Waals surface area contributed by atoms with E-state index >= 15 is 0 Å². The lowest BCUT2D eigenvalue weighted by Crippen LogP contribution is -2.49. The van der Waals surface area contributed by atoms with Gasteiger partial charge in [0.25, 0.3) is 0 Å². The van der Waals surface area contributed by atoms with Crippen LogP contribution in [0.3, 0.4) is 0 Å². The molecule has 0 spiro atoms. The number of likely N-dealkylation sites (N-methyl/N-ethyl adjacent to an activating group) is 1. The summed E-state index contributed by atoms with van der Waals surface area (Å²) in [7, 11) is 1.74. The fraction of sp³-hybridized carbons (Fsp3) is 0.917. The maximum Gasteiger partial charge on any atom is 0.229 e. The number of carbonyl (C=O) groups is 1. The Labute approximate surface area is 97.8 Å². The third-order valence-electron chi connectivity index (χ3n) is 3.86. The Morgan fingerprint density at radius 3 is 2.50 bits per heavy atom. The second kappa shape index (κ2) is 5.64. The molecule has 0 aromatic rings. The summed E-state index contributed by atoms with van der Waals surface area (Å²) < 4.78 is 0. The molecule has 0 aromatic carbocycles. The number of nitrogens with two attached hydrogens (primary N) is 1. The van der Waals surface area contributed by atoms with Crippen LogP contribution in [0.15, 0.2) is 0 Å². The Balaban J connectivity index is 2.68. The number of amides is 1. The Morgan fingerprint density at radius 1 is 1.50 bits per heavy atom. The zero-order chi connectivity index (χ0) is 12.2. The zero-order valence-corrected chi connectivity index (χ0v) is 10.4. The normalized spacial score (nSPS) is 30.1. The average Bonchev–Trinajstić information content (AvgIpc) is 2.30. The van der Waals surface area contributed by atoms with Gasteiger partial charge in [-0.15, -0.1) is 0 Å². The number of aliphatic hydroxyl groups is 1. The van der Waals surface area contributed by atoms with Gasteiger partial charge in [0.1, 0.15) is 0 Å². The third-order valence-corrected chi connectivity index (χ3v) is 3.86. The van der Waals surface area contributed by atoms with Crippen LogP contribution in [-0.4, -0.2) is 42.7 Å². The monoisotopic (exact) mass is 228 g/mol. The summed E-state index contributed by atoms with van der Waals surface area (Å²) >= 11 is 0. The summed E-state index contributed by atoms with van der Waals surface area (Å²) in [5.74, 6) is 0.812. The van der Waals surface area contributed by atoms with Crippen molar-refractivity contribution in [3.05, 3.63) is 0 Å². The molecule has 1 saturated carbocycles. The Bertz CT molecular complexity index is 235. The SMILES string of the molecule is CC1CCC(CN)(C(=O)N(C)CCO)CC1. The first-order valence-electron chi connectivity index (χ1n) is 6.12. The van der Waals surface area contributed by atoms with Gasteiger partial charge < -0.3 is 15.7 Å². The summed E-state index contributed by atoms with van der Waals surface area (Å²) in [6.45, 7) is 3.06. The van der Waals surface area contributed by atoms with Crippen LogP contribution >= 0.6 is 0 Å². The van der Waals surface area contributed by atoms with Crippen LogP contribution in [0.25, 0.3) is 0 Å². The molecular weight excluding hydrogens is 204 g/mol. The first-order chi connectivity index (χ1) is 7.55. The fourth-order valence-electron chi connectivity index (χ4n) is 2.48. The summed E-state index contributed by atoms with van der Waals surface area (Å²) in [6, 6.07) is 0. The van der Waals surface area contributed by atoms with E-state index in [4.69, 9.17) is 10.8 Å². The van der Waals surface area contributed by atoms with Crippen LogP contribution in [0.2, 0.25) is 0 Å². The van der Waals surface area contributed by atoms with Crippen molar-refractivity contribution in [2.75, 3.05) is 26.7 Å². The van der Waals surface area contributed by atoms with Crippen molar-refractivity contribution in [1.82, 2.24) is 4.90 Å². The Kier molecular flexibility index (Phi) is 4.74. The molecule has 0 saturated heterocycles. The Hall–Kier alpha value is -0.610. The summed E-state index contributed by atoms with van der Waals surface area (Å²) in [5, 5.41) is 8.86. The van der Waals surface area contributed by atoms with Gasteiger partial charge in [0.2, 0.25) is 5.91 Å². The predicted molar refractivity (Wildman–Crippen MR) is 63.8 cm³/mol. The molecule has 4 heteroatoms. The summed E-state index contributed by atoms with van der Waals surface area (Å²) in [5.41, 5.74) is 5.44. The van der Waals surface area contributed by atoms with E-state index in [9.17, 15) is 4.79 Å². The lowest BCUT2D eigenvalue weighted by atomic mass is 9.70. The van der Waals surface area contributed by atoms with Crippen LogP contribution in [-0.2, 0) is 4.79 Å². The molecular formula is C12H24N2O2. The number of hydrogen-bond donors (Lipinski definition) is 2. The highest BCUT2D eigenvalue weighted by Crippen LogP contribution is 2.39. The molecule has 0 unspecified atom stereocenters. The van der Waals surface area contributed by atoms with Gasteiger partial charge in [-0.2, -0.15) is 0 Å². The van der Waals surface area contributed by atoms with Crippen molar-refractivity contribution in [2.45, 2.75) is 32.6 Å². The molecule has 0 bridgehead atoms. The molecule has 0 heterocycles. The van der Waals surface area contributed by atoms with E-state index < -0.39 is 0 Å². The molecule has 3 N–H and O–H groups in total. The van der Waals surface area contributed by atoms with Gasteiger partial charge >= 0.3 is 0 Å². The van der Waals surface area contributed by atoms with Gasteiger partial charge in [0, 0.05) is 20.1 Å². The zero-order valence-electron chi connectivity index (χ0n) is 10.4. The minimum absolute atomic E-state index is 0.0132. The fourth-order valence-corrected chi connectivity index (χ4v) is 2.48. The van der Waals surface area contributed by atoms with Crippen molar-refractivity contribution >= 4 is 5.91 Å². The molecule has 1 aliphatic rings. The van der Waals surface area contributed by atoms with Crippen LogP contribution in [0.1, 0.15) is 32.6 Å². The van der Waals surface area contributed by atoms with Gasteiger partial charge in [0.05, 0.1) is 12.0 Å². The number of rotatable bonds is 4. The van der Waals surface area contributed by atoms with E-state index in [1.165, 1.54) is 0 Å². The van der Waals surface area contributed by atoms with Gasteiger partial charge in [-0.05, 0) is 31.6 Å². The van der Waals surface area contributed by atoms with Crippen molar-refractivity contribution in [3.8, 4) is 0 Å². The molecule has 0 radical (unpaired) electrons. The molecule has 0 aromatic heterocycles. The van der Waals surface area contributed by atoms with E-state index in [0.29, 0.717) is 19.0 Å². The first-order valence-corrected chi connectivity index (χ1v) is 6.12. The van der Waals surface area contributed by atoms with E-state index in [-0.39, 0.29) is 17.9 Å². The number of aliphatic hydroxyl groups excluding tert-OH is 1.